The Morgan fingerprint density at radius 3 is 1.20 bits per heavy atom. The Labute approximate surface area is 488 Å². The summed E-state index contributed by atoms with van der Waals surface area (Å²) in [5.41, 5.74) is 13.1. The number of alkyl halides is 6. The summed E-state index contributed by atoms with van der Waals surface area (Å²) in [4.78, 5) is 27.7. The number of carbonyl (C=O) groups excluding carboxylic acids is 2. The Hall–Kier alpha value is -6.73. The van der Waals surface area contributed by atoms with E-state index >= 15 is 0 Å². The van der Waals surface area contributed by atoms with Crippen molar-refractivity contribution in [3.8, 4) is 45.4 Å². The molecule has 2 aromatic heterocycles. The second-order valence-electron chi connectivity index (χ2n) is 18.9. The van der Waals surface area contributed by atoms with Crippen molar-refractivity contribution in [1.82, 2.24) is 9.13 Å². The van der Waals surface area contributed by atoms with Gasteiger partial charge in [0.25, 0.3) is 0 Å². The second kappa shape index (κ2) is 26.5. The number of aryl methyl sites for hydroxylation is 5. The molecular weight excluding hydrogens is 1160 g/mol. The minimum atomic E-state index is -4.70. The molecule has 6 aromatic carbocycles. The summed E-state index contributed by atoms with van der Waals surface area (Å²) in [6.07, 6.45) is -7.46. The third-order valence-electron chi connectivity index (χ3n) is 12.3. The molecule has 0 saturated carbocycles. The number of nitrogens with two attached hydrogens (primary N) is 1. The SMILES string of the molecule is CC(=O)C1=Cc2cc(Cl)cc(Cl)c2O[C@@H]1C(F)(F)F.CC(=O)C1=Cc2cc(Cl)cc(Cl)c2O[C@@H]1C(F)(F)F.Cc1ccc(-c2cc(C)cn2-c2ccc(C)cc2)cc1.Cc1ccc(-c2cc(C)cn2-c2ccc(SOON)cc2)cc1. The lowest BCUT2D eigenvalue weighted by Gasteiger charge is -2.28. The van der Waals surface area contributed by atoms with Gasteiger partial charge < -0.3 is 18.6 Å². The molecule has 0 unspecified atom stereocenters. The highest BCUT2D eigenvalue weighted by molar-refractivity contribution is 7.94. The van der Waals surface area contributed by atoms with Crippen LogP contribution >= 0.6 is 58.4 Å². The minimum absolute atomic E-state index is 0.0318. The van der Waals surface area contributed by atoms with Crippen molar-refractivity contribution in [2.24, 2.45) is 5.90 Å². The number of benzene rings is 6. The van der Waals surface area contributed by atoms with E-state index in [1.165, 1.54) is 80.3 Å². The van der Waals surface area contributed by atoms with Crippen LogP contribution in [0, 0.1) is 34.6 Å². The van der Waals surface area contributed by atoms with Crippen molar-refractivity contribution >= 4 is 82.2 Å². The van der Waals surface area contributed by atoms with E-state index in [0.29, 0.717) is 0 Å². The van der Waals surface area contributed by atoms with E-state index in [2.05, 4.69) is 150 Å². The fourth-order valence-corrected chi connectivity index (χ4v) is 9.94. The van der Waals surface area contributed by atoms with Crippen LogP contribution in [0.5, 0.6) is 11.5 Å². The summed E-state index contributed by atoms with van der Waals surface area (Å²) in [6, 6.07) is 43.7. The van der Waals surface area contributed by atoms with Crippen LogP contribution in [0.3, 0.4) is 0 Å². The highest BCUT2D eigenvalue weighted by Crippen LogP contribution is 2.44. The molecule has 0 amide bonds. The van der Waals surface area contributed by atoms with Gasteiger partial charge in [-0.2, -0.15) is 32.2 Å². The van der Waals surface area contributed by atoms with Crippen LogP contribution in [-0.4, -0.2) is 45.3 Å². The van der Waals surface area contributed by atoms with Crippen molar-refractivity contribution in [1.29, 1.82) is 0 Å². The van der Waals surface area contributed by atoms with E-state index in [-0.39, 0.29) is 42.7 Å². The molecule has 422 valence electrons. The summed E-state index contributed by atoms with van der Waals surface area (Å²) >= 11 is 24.2. The molecule has 0 saturated heterocycles. The molecule has 20 heteroatoms. The van der Waals surface area contributed by atoms with Gasteiger partial charge in [0.1, 0.15) is 11.5 Å². The first-order chi connectivity index (χ1) is 38.2. The zero-order valence-electron chi connectivity index (χ0n) is 44.3. The number of halogens is 10. The quantitative estimate of drug-likeness (QED) is 0.0659. The van der Waals surface area contributed by atoms with E-state index in [0.717, 1.165) is 48.6 Å². The van der Waals surface area contributed by atoms with Gasteiger partial charge in [0.05, 0.1) is 33.5 Å². The van der Waals surface area contributed by atoms with E-state index in [9.17, 15) is 35.9 Å². The van der Waals surface area contributed by atoms with Gasteiger partial charge in [-0.15, -0.1) is 9.32 Å². The van der Waals surface area contributed by atoms with Crippen LogP contribution in [0.25, 0.3) is 46.0 Å². The zero-order valence-corrected chi connectivity index (χ0v) is 48.1. The van der Waals surface area contributed by atoms with E-state index in [1.54, 1.807) is 0 Å². The number of ether oxygens (including phenoxy) is 2. The number of hydrogen-bond acceptors (Lipinski definition) is 8. The minimum Gasteiger partial charge on any atom is -0.474 e. The molecule has 2 atom stereocenters. The van der Waals surface area contributed by atoms with Gasteiger partial charge >= 0.3 is 12.4 Å². The fraction of sp³-hybridized carbons (Fsp3) is 0.180. The van der Waals surface area contributed by atoms with Crippen molar-refractivity contribution in [2.75, 3.05) is 0 Å². The van der Waals surface area contributed by atoms with E-state index in [4.69, 9.17) is 61.8 Å². The van der Waals surface area contributed by atoms with Gasteiger partial charge in [-0.05, 0) is 156 Å². The van der Waals surface area contributed by atoms with E-state index in [1.807, 2.05) is 24.3 Å². The molecule has 0 radical (unpaired) electrons. The summed E-state index contributed by atoms with van der Waals surface area (Å²) in [7, 11) is 0. The van der Waals surface area contributed by atoms with Crippen LogP contribution in [0.2, 0.25) is 20.1 Å². The van der Waals surface area contributed by atoms with Crippen LogP contribution in [0.1, 0.15) is 52.8 Å². The number of aromatic nitrogens is 2. The monoisotopic (exact) mass is 1210 g/mol. The van der Waals surface area contributed by atoms with Gasteiger partial charge in [0, 0.05) is 61.0 Å². The molecule has 0 fully saturated rings. The first kappa shape index (κ1) is 61.9. The molecule has 8 aromatic rings. The normalized spacial score (nSPS) is 14.4. The number of fused-ring (bicyclic) bond motifs is 2. The summed E-state index contributed by atoms with van der Waals surface area (Å²) in [5.74, 6) is 3.16. The average Bonchev–Trinajstić information content (AvgIpc) is 4.20. The third-order valence-corrected chi connectivity index (χ3v) is 14.0. The summed E-state index contributed by atoms with van der Waals surface area (Å²) in [6.45, 7) is 12.7. The Morgan fingerprint density at radius 1 is 0.519 bits per heavy atom. The molecule has 0 spiro atoms. The molecule has 10 rings (SSSR count). The van der Waals surface area contributed by atoms with Crippen molar-refractivity contribution in [2.45, 2.75) is 77.9 Å². The molecule has 0 bridgehead atoms. The number of hydrogen-bond donors (Lipinski definition) is 1. The Kier molecular flexibility index (Phi) is 20.2. The lowest BCUT2D eigenvalue weighted by Crippen LogP contribution is -2.39. The number of rotatable bonds is 9. The van der Waals surface area contributed by atoms with Crippen LogP contribution in [0.4, 0.5) is 26.3 Å². The van der Waals surface area contributed by atoms with Crippen molar-refractivity contribution in [3.63, 3.8) is 0 Å². The Balaban J connectivity index is 0.000000156. The Morgan fingerprint density at radius 2 is 0.864 bits per heavy atom. The maximum absolute atomic E-state index is 12.9. The van der Waals surface area contributed by atoms with Gasteiger partial charge in [0.15, 0.2) is 11.6 Å². The maximum Gasteiger partial charge on any atom is 0.429 e. The molecule has 2 N–H and O–H groups in total. The number of nitrogens with zero attached hydrogens (tertiary/aromatic N) is 2. The predicted molar refractivity (Wildman–Crippen MR) is 309 cm³/mol. The van der Waals surface area contributed by atoms with Crippen molar-refractivity contribution in [3.05, 3.63) is 216 Å². The molecule has 2 aliphatic heterocycles. The van der Waals surface area contributed by atoms with E-state index < -0.39 is 47.3 Å². The van der Waals surface area contributed by atoms with Gasteiger partial charge in [0.2, 0.25) is 12.2 Å². The number of carbonyl (C=O) groups is 2. The first-order valence-corrected chi connectivity index (χ1v) is 26.8. The lowest BCUT2D eigenvalue weighted by molar-refractivity contribution is -0.195. The van der Waals surface area contributed by atoms with Crippen molar-refractivity contribution < 1.29 is 54.7 Å². The van der Waals surface area contributed by atoms with Crippen LogP contribution < -0.4 is 15.4 Å². The summed E-state index contributed by atoms with van der Waals surface area (Å²) in [5, 5.41) is 0.431. The zero-order chi connectivity index (χ0) is 59.1. The second-order valence-corrected chi connectivity index (χ2v) is 21.3. The number of Topliss-reactive ketones (excluding diaryl/α,β-unsaturated/α-hetero) is 2. The maximum atomic E-state index is 12.9. The molecule has 9 nitrogen and oxygen atoms in total. The topological polar surface area (TPSA) is 107 Å². The van der Waals surface area contributed by atoms with Gasteiger partial charge in [-0.1, -0.05) is 124 Å². The molecule has 81 heavy (non-hydrogen) atoms. The molecule has 4 heterocycles. The summed E-state index contributed by atoms with van der Waals surface area (Å²) < 4.78 is 96.0. The van der Waals surface area contributed by atoms with Gasteiger partial charge in [-0.25, -0.2) is 0 Å². The molecule has 0 aliphatic carbocycles. The standard InChI is InChI=1S/C19H19N.C18H18N2O2S.2C12H7Cl2F3O2/c1-14-4-8-17(9-5-14)19-12-16(3)13-20(19)18-10-6-15(2)7-11-18;1-13-3-5-15(6-4-13)18-11-14(2)12-20(18)16-7-9-17(10-8-16)23-22-21-19;2*1-5(18)8-3-6-2-7(13)4-9(14)10(6)19-11(8)12(15,16)17/h4-13H,1-3H3;3-12H,19H2,1-2H3;2*2-4,11H,1H3/t;;2*11-/m..00/s1. The first-order valence-electron chi connectivity index (χ1n) is 24.5. The molecular formula is C61H51Cl4F6N3O6S. The highest BCUT2D eigenvalue weighted by atomic mass is 35.5. The number of ketones is 2. The lowest BCUT2D eigenvalue weighted by atomic mass is 9.98. The third kappa shape index (κ3) is 15.8. The molecule has 2 aliphatic rings. The predicted octanol–water partition coefficient (Wildman–Crippen LogP) is 18.2. The Bertz CT molecular complexity index is 3450. The fourth-order valence-electron chi connectivity index (χ4n) is 8.47. The smallest absolute Gasteiger partial charge is 0.429 e. The largest absolute Gasteiger partial charge is 0.474 e. The van der Waals surface area contributed by atoms with Crippen LogP contribution in [-0.2, 0) is 18.9 Å². The highest BCUT2D eigenvalue weighted by Gasteiger charge is 2.49. The average molecular weight is 1210 g/mol. The van der Waals surface area contributed by atoms with Gasteiger partial charge in [-0.3, -0.25) is 9.59 Å². The van der Waals surface area contributed by atoms with Crippen LogP contribution in [0.15, 0.2) is 162 Å².